The molecule has 24 heavy (non-hydrogen) atoms. The van der Waals surface area contributed by atoms with Crippen LogP contribution in [-0.4, -0.2) is 54.1 Å². The fourth-order valence-electron chi connectivity index (χ4n) is 3.79. The van der Waals surface area contributed by atoms with Crippen LogP contribution in [0.15, 0.2) is 24.3 Å². The second-order valence-corrected chi connectivity index (χ2v) is 6.39. The second kappa shape index (κ2) is 5.68. The van der Waals surface area contributed by atoms with Crippen molar-refractivity contribution in [2.75, 3.05) is 20.8 Å². The Bertz CT molecular complexity index is 701. The number of fused-ring (bicyclic) bond motifs is 1. The van der Waals surface area contributed by atoms with E-state index in [9.17, 15) is 19.5 Å². The zero-order valence-electron chi connectivity index (χ0n) is 13.8. The molecule has 2 fully saturated rings. The highest BCUT2D eigenvalue weighted by Crippen LogP contribution is 2.48. The van der Waals surface area contributed by atoms with Crippen LogP contribution in [-0.2, 0) is 19.1 Å². The number of hydrogen-bond acceptors (Lipinski definition) is 6. The standard InChI is InChI=1S/C17H20N2O5/c1-9-4-6-10(7-5-9)13-11-12(15(22)19(2)14(11)21)17(8-20,18-13)16(23)24-3/h4-7,11-13,18,20H,8H2,1-3H3/t11-,12+,13+,17+/m1/s1. The SMILES string of the molecule is COC(=O)[C@@]1(CO)N[C@@H](c2ccc(C)cc2)[C@@H]2C(=O)N(C)C(=O)[C@H]21. The summed E-state index contributed by atoms with van der Waals surface area (Å²) >= 11 is 0. The maximum absolute atomic E-state index is 12.6. The highest BCUT2D eigenvalue weighted by atomic mass is 16.5. The number of imide groups is 1. The van der Waals surface area contributed by atoms with Crippen molar-refractivity contribution in [1.82, 2.24) is 10.2 Å². The first-order chi connectivity index (χ1) is 11.4. The van der Waals surface area contributed by atoms with E-state index < -0.39 is 41.9 Å². The average Bonchev–Trinajstić information content (AvgIpc) is 3.05. The smallest absolute Gasteiger partial charge is 0.329 e. The molecule has 0 bridgehead atoms. The summed E-state index contributed by atoms with van der Waals surface area (Å²) in [5, 5.41) is 12.9. The third kappa shape index (κ3) is 2.08. The Hall–Kier alpha value is -2.25. The van der Waals surface area contributed by atoms with Crippen molar-refractivity contribution in [2.45, 2.75) is 18.5 Å². The number of rotatable bonds is 3. The topological polar surface area (TPSA) is 95.9 Å². The molecule has 3 rings (SSSR count). The number of methoxy groups -OCH3 is 1. The van der Waals surface area contributed by atoms with Crippen LogP contribution in [0.2, 0.25) is 0 Å². The number of aryl methyl sites for hydroxylation is 1. The summed E-state index contributed by atoms with van der Waals surface area (Å²) in [7, 11) is 2.59. The molecule has 1 aromatic rings. The molecule has 0 saturated carbocycles. The fourth-order valence-corrected chi connectivity index (χ4v) is 3.79. The number of benzene rings is 1. The predicted molar refractivity (Wildman–Crippen MR) is 83.6 cm³/mol. The molecule has 0 unspecified atom stereocenters. The number of aliphatic hydroxyl groups excluding tert-OH is 1. The van der Waals surface area contributed by atoms with Gasteiger partial charge in [0.05, 0.1) is 25.6 Å². The summed E-state index contributed by atoms with van der Waals surface area (Å²) in [5.41, 5.74) is 0.221. The van der Waals surface area contributed by atoms with Gasteiger partial charge in [0.15, 0.2) is 5.54 Å². The van der Waals surface area contributed by atoms with Crippen molar-refractivity contribution in [3.05, 3.63) is 35.4 Å². The van der Waals surface area contributed by atoms with Gasteiger partial charge in [0.25, 0.3) is 0 Å². The van der Waals surface area contributed by atoms with E-state index in [0.717, 1.165) is 16.0 Å². The molecule has 2 amide bonds. The molecule has 7 heteroatoms. The highest BCUT2D eigenvalue weighted by Gasteiger charge is 2.68. The van der Waals surface area contributed by atoms with E-state index in [0.29, 0.717) is 0 Å². The lowest BCUT2D eigenvalue weighted by Crippen LogP contribution is -2.58. The Kier molecular flexibility index (Phi) is 3.93. The van der Waals surface area contributed by atoms with Crippen molar-refractivity contribution in [1.29, 1.82) is 0 Å². The van der Waals surface area contributed by atoms with Crippen LogP contribution in [0.25, 0.3) is 0 Å². The van der Waals surface area contributed by atoms with Gasteiger partial charge in [-0.05, 0) is 12.5 Å². The van der Waals surface area contributed by atoms with Gasteiger partial charge in [0.2, 0.25) is 11.8 Å². The molecular weight excluding hydrogens is 312 g/mol. The third-order valence-corrected chi connectivity index (χ3v) is 5.11. The molecule has 7 nitrogen and oxygen atoms in total. The molecule has 2 heterocycles. The number of nitrogens with one attached hydrogen (secondary N) is 1. The van der Waals surface area contributed by atoms with E-state index in [4.69, 9.17) is 4.74 Å². The first-order valence-corrected chi connectivity index (χ1v) is 7.72. The Morgan fingerprint density at radius 2 is 1.92 bits per heavy atom. The lowest BCUT2D eigenvalue weighted by Gasteiger charge is -2.29. The zero-order chi connectivity index (χ0) is 17.6. The molecule has 0 radical (unpaired) electrons. The molecule has 2 aliphatic heterocycles. The first kappa shape index (κ1) is 16.6. The van der Waals surface area contributed by atoms with Gasteiger partial charge < -0.3 is 9.84 Å². The van der Waals surface area contributed by atoms with Crippen molar-refractivity contribution >= 4 is 17.8 Å². The fraction of sp³-hybridized carbons (Fsp3) is 0.471. The van der Waals surface area contributed by atoms with Gasteiger partial charge in [-0.3, -0.25) is 19.8 Å². The Morgan fingerprint density at radius 1 is 1.29 bits per heavy atom. The Morgan fingerprint density at radius 3 is 2.46 bits per heavy atom. The van der Waals surface area contributed by atoms with E-state index in [2.05, 4.69) is 5.32 Å². The Labute approximate surface area is 139 Å². The van der Waals surface area contributed by atoms with Crippen molar-refractivity contribution in [3.63, 3.8) is 0 Å². The van der Waals surface area contributed by atoms with Gasteiger partial charge in [-0.15, -0.1) is 0 Å². The monoisotopic (exact) mass is 332 g/mol. The largest absolute Gasteiger partial charge is 0.468 e. The summed E-state index contributed by atoms with van der Waals surface area (Å²) in [4.78, 5) is 38.6. The minimum absolute atomic E-state index is 0.359. The summed E-state index contributed by atoms with van der Waals surface area (Å²) < 4.78 is 4.82. The number of esters is 1. The van der Waals surface area contributed by atoms with Crippen LogP contribution in [0.4, 0.5) is 0 Å². The van der Waals surface area contributed by atoms with Crippen LogP contribution >= 0.6 is 0 Å². The van der Waals surface area contributed by atoms with E-state index in [1.165, 1.54) is 14.2 Å². The van der Waals surface area contributed by atoms with E-state index in [1.807, 2.05) is 31.2 Å². The number of aliphatic hydroxyl groups is 1. The van der Waals surface area contributed by atoms with Crippen molar-refractivity contribution in [2.24, 2.45) is 11.8 Å². The van der Waals surface area contributed by atoms with Gasteiger partial charge in [-0.1, -0.05) is 29.8 Å². The average molecular weight is 332 g/mol. The lowest BCUT2D eigenvalue weighted by atomic mass is 9.79. The maximum Gasteiger partial charge on any atom is 0.329 e. The summed E-state index contributed by atoms with van der Waals surface area (Å²) in [6.07, 6.45) is 0. The van der Waals surface area contributed by atoms with Crippen molar-refractivity contribution < 1.29 is 24.2 Å². The number of amides is 2. The van der Waals surface area contributed by atoms with Crippen LogP contribution in [0.3, 0.4) is 0 Å². The molecule has 128 valence electrons. The van der Waals surface area contributed by atoms with Crippen LogP contribution in [0.5, 0.6) is 0 Å². The van der Waals surface area contributed by atoms with Crippen LogP contribution in [0.1, 0.15) is 17.2 Å². The summed E-state index contributed by atoms with van der Waals surface area (Å²) in [6, 6.07) is 6.95. The molecular formula is C17H20N2O5. The Balaban J connectivity index is 2.12. The van der Waals surface area contributed by atoms with E-state index >= 15 is 0 Å². The highest BCUT2D eigenvalue weighted by molar-refractivity contribution is 6.09. The van der Waals surface area contributed by atoms with Crippen LogP contribution in [0, 0.1) is 18.8 Å². The molecule has 2 N–H and O–H groups in total. The molecule has 0 spiro atoms. The predicted octanol–water partition coefficient (Wildman–Crippen LogP) is -0.226. The van der Waals surface area contributed by atoms with Gasteiger partial charge in [0, 0.05) is 13.1 Å². The normalized spacial score (nSPS) is 32.2. The quantitative estimate of drug-likeness (QED) is 0.587. The van der Waals surface area contributed by atoms with Crippen LogP contribution < -0.4 is 5.32 Å². The molecule has 2 aliphatic rings. The van der Waals surface area contributed by atoms with Crippen molar-refractivity contribution in [3.8, 4) is 0 Å². The number of carbonyl (C=O) groups excluding carboxylic acids is 3. The second-order valence-electron chi connectivity index (χ2n) is 6.39. The number of hydrogen-bond donors (Lipinski definition) is 2. The molecule has 0 aromatic heterocycles. The molecule has 1 aromatic carbocycles. The zero-order valence-corrected chi connectivity index (χ0v) is 13.8. The number of likely N-dealkylation sites (tertiary alicyclic amines) is 1. The van der Waals surface area contributed by atoms with E-state index in [-0.39, 0.29) is 5.91 Å². The molecule has 0 aliphatic carbocycles. The molecule has 2 saturated heterocycles. The number of carbonyl (C=O) groups is 3. The van der Waals surface area contributed by atoms with E-state index in [1.54, 1.807) is 0 Å². The number of nitrogens with zero attached hydrogens (tertiary/aromatic N) is 1. The molecule has 4 atom stereocenters. The third-order valence-electron chi connectivity index (χ3n) is 5.11. The van der Waals surface area contributed by atoms with Gasteiger partial charge >= 0.3 is 5.97 Å². The maximum atomic E-state index is 12.6. The minimum atomic E-state index is -1.62. The lowest BCUT2D eigenvalue weighted by molar-refractivity contribution is -0.156. The number of ether oxygens (including phenoxy) is 1. The van der Waals surface area contributed by atoms with Gasteiger partial charge in [0.1, 0.15) is 0 Å². The minimum Gasteiger partial charge on any atom is -0.468 e. The summed E-state index contributed by atoms with van der Waals surface area (Å²) in [5.74, 6) is -3.32. The van der Waals surface area contributed by atoms with Gasteiger partial charge in [-0.25, -0.2) is 4.79 Å². The van der Waals surface area contributed by atoms with Gasteiger partial charge in [-0.2, -0.15) is 0 Å². The summed E-state index contributed by atoms with van der Waals surface area (Å²) in [6.45, 7) is 1.31. The first-order valence-electron chi connectivity index (χ1n) is 7.72.